The zero-order chi connectivity index (χ0) is 24.2. The molecular weight excluding hydrogens is 470 g/mol. The number of benzene rings is 1. The number of fused-ring (bicyclic) bond motifs is 1. The van der Waals surface area contributed by atoms with Gasteiger partial charge in [0.2, 0.25) is 5.91 Å². The van der Waals surface area contributed by atoms with Gasteiger partial charge in [-0.15, -0.1) is 0 Å². The molecule has 5 nitrogen and oxygen atoms in total. The number of anilines is 1. The van der Waals surface area contributed by atoms with Crippen LogP contribution in [0, 0.1) is 5.92 Å². The smallest absolute Gasteiger partial charge is 0.272 e. The lowest BCUT2D eigenvalue weighted by Gasteiger charge is -2.46. The summed E-state index contributed by atoms with van der Waals surface area (Å²) in [6.45, 7) is -0.214. The minimum Gasteiger partial charge on any atom is -0.310 e. The van der Waals surface area contributed by atoms with Gasteiger partial charge in [0.05, 0.1) is 13.1 Å². The van der Waals surface area contributed by atoms with Crippen molar-refractivity contribution in [2.24, 2.45) is 5.92 Å². The summed E-state index contributed by atoms with van der Waals surface area (Å²) in [6.07, 6.45) is 7.98. The summed E-state index contributed by atoms with van der Waals surface area (Å²) >= 11 is 6.65. The minimum atomic E-state index is -2.52. The van der Waals surface area contributed by atoms with Gasteiger partial charge in [0.25, 0.3) is 5.92 Å². The average molecular weight is 497 g/mol. The molecule has 1 saturated heterocycles. The average Bonchev–Trinajstić information content (AvgIpc) is 3.64. The van der Waals surface area contributed by atoms with E-state index in [0.717, 1.165) is 54.1 Å². The fourth-order valence-electron chi connectivity index (χ4n) is 5.75. The standard InChI is InChI=1S/C27H27ClF2N4O/c28-23-10-18-13-32-25(33-26(35)22-12-21(22)24-3-1-2-8-31-24)11-17(18)9-20(23)16-4-6-19(7-5-16)34-14-27(29,30)15-34/h1-3,8-11,13,16,19,21-22H,4-7,12,14-15H2,(H,32,33,35)/t16-,19+,21-,22-/m1/s1. The number of rotatable bonds is 5. The number of amides is 1. The molecule has 2 aliphatic carbocycles. The first-order valence-corrected chi connectivity index (χ1v) is 12.7. The molecule has 2 saturated carbocycles. The van der Waals surface area contributed by atoms with E-state index in [2.05, 4.69) is 21.4 Å². The summed E-state index contributed by atoms with van der Waals surface area (Å²) in [5.41, 5.74) is 2.04. The van der Waals surface area contributed by atoms with Crippen LogP contribution in [0.15, 0.2) is 48.8 Å². The highest BCUT2D eigenvalue weighted by Crippen LogP contribution is 2.47. The van der Waals surface area contributed by atoms with E-state index in [1.807, 2.05) is 35.2 Å². The Hall–Kier alpha value is -2.64. The first-order valence-electron chi connectivity index (χ1n) is 12.3. The summed E-state index contributed by atoms with van der Waals surface area (Å²) in [5.74, 6) is -1.62. The Morgan fingerprint density at radius 2 is 1.86 bits per heavy atom. The summed E-state index contributed by atoms with van der Waals surface area (Å²) in [7, 11) is 0. The van der Waals surface area contributed by atoms with Crippen LogP contribution in [0.3, 0.4) is 0 Å². The number of carbonyl (C=O) groups excluding carboxylic acids is 1. The van der Waals surface area contributed by atoms with Crippen molar-refractivity contribution in [2.45, 2.75) is 55.9 Å². The molecule has 1 N–H and O–H groups in total. The highest BCUT2D eigenvalue weighted by Gasteiger charge is 2.47. The van der Waals surface area contributed by atoms with E-state index in [4.69, 9.17) is 11.6 Å². The Morgan fingerprint density at radius 3 is 2.57 bits per heavy atom. The number of pyridine rings is 2. The molecule has 3 fully saturated rings. The molecule has 35 heavy (non-hydrogen) atoms. The van der Waals surface area contributed by atoms with Crippen LogP contribution in [-0.4, -0.2) is 45.8 Å². The molecule has 1 amide bonds. The Labute approximate surface area is 207 Å². The molecule has 3 aliphatic rings. The molecule has 0 unspecified atom stereocenters. The van der Waals surface area contributed by atoms with Crippen molar-refractivity contribution in [1.29, 1.82) is 0 Å². The largest absolute Gasteiger partial charge is 0.310 e. The predicted octanol–water partition coefficient (Wildman–Crippen LogP) is 6.00. The Morgan fingerprint density at radius 1 is 1.06 bits per heavy atom. The van der Waals surface area contributed by atoms with Crippen molar-refractivity contribution in [3.05, 3.63) is 65.1 Å². The second kappa shape index (κ2) is 8.79. The van der Waals surface area contributed by atoms with Crippen LogP contribution in [0.1, 0.15) is 55.2 Å². The maximum atomic E-state index is 13.2. The lowest BCUT2D eigenvalue weighted by molar-refractivity contribution is -0.150. The monoisotopic (exact) mass is 496 g/mol. The normalized spacial score (nSPS) is 27.9. The van der Waals surface area contributed by atoms with Crippen molar-refractivity contribution in [3.63, 3.8) is 0 Å². The number of hydrogen-bond donors (Lipinski definition) is 1. The maximum absolute atomic E-state index is 13.2. The third kappa shape index (κ3) is 4.64. The van der Waals surface area contributed by atoms with Crippen molar-refractivity contribution >= 4 is 34.1 Å². The van der Waals surface area contributed by atoms with Gasteiger partial charge in [0.15, 0.2) is 0 Å². The first kappa shape index (κ1) is 22.8. The minimum absolute atomic E-state index is 0.0309. The molecule has 0 radical (unpaired) electrons. The Bertz CT molecular complexity index is 1250. The van der Waals surface area contributed by atoms with Crippen LogP contribution >= 0.6 is 11.6 Å². The molecule has 0 bridgehead atoms. The van der Waals surface area contributed by atoms with Gasteiger partial charge < -0.3 is 5.32 Å². The zero-order valence-electron chi connectivity index (χ0n) is 19.3. The molecular formula is C27H27ClF2N4O. The summed E-state index contributed by atoms with van der Waals surface area (Å²) in [4.78, 5) is 23.5. The van der Waals surface area contributed by atoms with Crippen molar-refractivity contribution < 1.29 is 13.6 Å². The number of alkyl halides is 2. The maximum Gasteiger partial charge on any atom is 0.272 e. The van der Waals surface area contributed by atoms with Gasteiger partial charge in [-0.25, -0.2) is 13.8 Å². The van der Waals surface area contributed by atoms with Gasteiger partial charge in [-0.05, 0) is 79.3 Å². The number of aromatic nitrogens is 2. The number of hydrogen-bond acceptors (Lipinski definition) is 4. The van der Waals surface area contributed by atoms with Crippen LogP contribution in [0.5, 0.6) is 0 Å². The van der Waals surface area contributed by atoms with Crippen LogP contribution in [-0.2, 0) is 4.79 Å². The van der Waals surface area contributed by atoms with Crippen LogP contribution < -0.4 is 5.32 Å². The van der Waals surface area contributed by atoms with Crippen molar-refractivity contribution in [2.75, 3.05) is 18.4 Å². The van der Waals surface area contributed by atoms with Crippen molar-refractivity contribution in [3.8, 4) is 0 Å². The van der Waals surface area contributed by atoms with Gasteiger partial charge in [-0.3, -0.25) is 14.7 Å². The quantitative estimate of drug-likeness (QED) is 0.470. The fraction of sp³-hybridized carbons (Fsp3) is 0.444. The summed E-state index contributed by atoms with van der Waals surface area (Å²) in [6, 6.07) is 12.0. The molecule has 0 spiro atoms. The van der Waals surface area contributed by atoms with E-state index in [9.17, 15) is 13.6 Å². The molecule has 8 heteroatoms. The van der Waals surface area contributed by atoms with Crippen molar-refractivity contribution in [1.82, 2.24) is 14.9 Å². The SMILES string of the molecule is O=C(Nc1cc2cc([C@H]3CC[C@@H](N4CC(F)(F)C4)CC3)c(Cl)cc2cn1)[C@@H]1C[C@H]1c1ccccn1. The second-order valence-corrected chi connectivity index (χ2v) is 10.7. The number of likely N-dealkylation sites (tertiary alicyclic amines) is 1. The Kier molecular flexibility index (Phi) is 5.72. The lowest BCUT2D eigenvalue weighted by Crippen LogP contribution is -2.60. The molecule has 182 valence electrons. The highest BCUT2D eigenvalue weighted by molar-refractivity contribution is 6.32. The van der Waals surface area contributed by atoms with E-state index in [0.29, 0.717) is 16.8 Å². The van der Waals surface area contributed by atoms with Gasteiger partial charge in [-0.1, -0.05) is 17.7 Å². The number of nitrogens with zero attached hydrogens (tertiary/aromatic N) is 3. The predicted molar refractivity (Wildman–Crippen MR) is 132 cm³/mol. The zero-order valence-corrected chi connectivity index (χ0v) is 20.0. The lowest BCUT2D eigenvalue weighted by atomic mass is 9.80. The van der Waals surface area contributed by atoms with Gasteiger partial charge in [0.1, 0.15) is 5.82 Å². The third-order valence-electron chi connectivity index (χ3n) is 7.81. The van der Waals surface area contributed by atoms with Gasteiger partial charge in [-0.2, -0.15) is 0 Å². The molecule has 1 aromatic carbocycles. The Balaban J connectivity index is 1.13. The van der Waals surface area contributed by atoms with E-state index < -0.39 is 5.92 Å². The molecule has 2 atom stereocenters. The van der Waals surface area contributed by atoms with E-state index in [1.54, 1.807) is 12.4 Å². The molecule has 2 aromatic heterocycles. The van der Waals surface area contributed by atoms with E-state index in [-0.39, 0.29) is 36.9 Å². The third-order valence-corrected chi connectivity index (χ3v) is 8.13. The van der Waals surface area contributed by atoms with E-state index in [1.165, 1.54) is 0 Å². The summed E-state index contributed by atoms with van der Waals surface area (Å²) in [5, 5.41) is 5.59. The van der Waals surface area contributed by atoms with E-state index >= 15 is 0 Å². The van der Waals surface area contributed by atoms with Crippen LogP contribution in [0.25, 0.3) is 10.8 Å². The highest BCUT2D eigenvalue weighted by atomic mass is 35.5. The molecule has 1 aliphatic heterocycles. The topological polar surface area (TPSA) is 58.1 Å². The molecule has 3 heterocycles. The van der Waals surface area contributed by atoms with Crippen LogP contribution in [0.2, 0.25) is 5.02 Å². The molecule has 6 rings (SSSR count). The summed E-state index contributed by atoms with van der Waals surface area (Å²) < 4.78 is 26.5. The first-order chi connectivity index (χ1) is 16.9. The number of nitrogens with one attached hydrogen (secondary N) is 1. The fourth-order valence-corrected chi connectivity index (χ4v) is 6.08. The molecule has 3 aromatic rings. The van der Waals surface area contributed by atoms with Gasteiger partial charge >= 0.3 is 0 Å². The van der Waals surface area contributed by atoms with Crippen LogP contribution in [0.4, 0.5) is 14.6 Å². The number of carbonyl (C=O) groups is 1. The second-order valence-electron chi connectivity index (χ2n) is 10.2. The van der Waals surface area contributed by atoms with Gasteiger partial charge in [0, 0.05) is 46.4 Å². The number of halogens is 3.